The van der Waals surface area contributed by atoms with Gasteiger partial charge >= 0.3 is 11.9 Å². The van der Waals surface area contributed by atoms with E-state index in [1.165, 1.54) is 17.0 Å². The first-order valence-corrected chi connectivity index (χ1v) is 7.70. The number of esters is 2. The number of nitrogens with one attached hydrogen (secondary N) is 1. The number of para-hydroxylation sites is 1. The van der Waals surface area contributed by atoms with Crippen LogP contribution in [-0.4, -0.2) is 66.7 Å². The molecule has 0 saturated carbocycles. The number of hydrogen-bond acceptors (Lipinski definition) is 9. The standard InChI is InChI=1S/C16H17N3O8/c1-26-15(22)9-4-3-5-11(19(24)25)12(9)17-13-10(16(23)27-2)8-18(6-7-20)14(13)21/h3-5,17,20H,6-8H2,1-2H3. The van der Waals surface area contributed by atoms with E-state index in [4.69, 9.17) is 5.11 Å². The molecule has 0 bridgehead atoms. The monoisotopic (exact) mass is 379 g/mol. The molecular weight excluding hydrogens is 362 g/mol. The zero-order valence-electron chi connectivity index (χ0n) is 14.6. The minimum atomic E-state index is -0.862. The van der Waals surface area contributed by atoms with Gasteiger partial charge in [0.1, 0.15) is 11.4 Å². The number of aliphatic hydroxyl groups is 1. The molecule has 0 atom stereocenters. The SMILES string of the molecule is COC(=O)C1=C(Nc2c(C(=O)OC)cccc2[N+](=O)[O-])C(=O)N(CCO)C1. The molecule has 0 aromatic heterocycles. The maximum Gasteiger partial charge on any atom is 0.340 e. The molecule has 0 aliphatic carbocycles. The van der Waals surface area contributed by atoms with E-state index in [1.54, 1.807) is 0 Å². The highest BCUT2D eigenvalue weighted by Crippen LogP contribution is 2.32. The van der Waals surface area contributed by atoms with Crippen molar-refractivity contribution in [1.82, 2.24) is 4.90 Å². The van der Waals surface area contributed by atoms with Crippen molar-refractivity contribution >= 4 is 29.2 Å². The van der Waals surface area contributed by atoms with E-state index in [0.717, 1.165) is 20.3 Å². The van der Waals surface area contributed by atoms with E-state index >= 15 is 0 Å². The van der Waals surface area contributed by atoms with Crippen LogP contribution in [0.25, 0.3) is 0 Å². The summed E-state index contributed by atoms with van der Waals surface area (Å²) in [7, 11) is 2.23. The van der Waals surface area contributed by atoms with Crippen LogP contribution >= 0.6 is 0 Å². The van der Waals surface area contributed by atoms with Gasteiger partial charge in [-0.25, -0.2) is 9.59 Å². The number of methoxy groups -OCH3 is 2. The number of nitro groups is 1. The van der Waals surface area contributed by atoms with Gasteiger partial charge in [-0.05, 0) is 6.07 Å². The summed E-state index contributed by atoms with van der Waals surface area (Å²) in [5.74, 6) is -2.35. The Hall–Kier alpha value is -3.47. The number of aliphatic hydroxyl groups excluding tert-OH is 1. The number of benzene rings is 1. The van der Waals surface area contributed by atoms with Crippen LogP contribution in [0.5, 0.6) is 0 Å². The summed E-state index contributed by atoms with van der Waals surface area (Å²) in [6.45, 7) is -0.541. The van der Waals surface area contributed by atoms with Gasteiger partial charge in [0, 0.05) is 12.6 Å². The van der Waals surface area contributed by atoms with E-state index in [9.17, 15) is 24.5 Å². The van der Waals surface area contributed by atoms with Gasteiger partial charge in [-0.3, -0.25) is 14.9 Å². The zero-order chi connectivity index (χ0) is 20.1. The average Bonchev–Trinajstić information content (AvgIpc) is 2.96. The van der Waals surface area contributed by atoms with Crippen molar-refractivity contribution in [1.29, 1.82) is 0 Å². The van der Waals surface area contributed by atoms with E-state index in [-0.39, 0.29) is 42.2 Å². The van der Waals surface area contributed by atoms with Gasteiger partial charge in [0.2, 0.25) is 0 Å². The largest absolute Gasteiger partial charge is 0.466 e. The molecule has 2 rings (SSSR count). The van der Waals surface area contributed by atoms with E-state index in [0.29, 0.717) is 0 Å². The predicted octanol–water partition coefficient (Wildman–Crippen LogP) is 0.0549. The molecule has 1 amide bonds. The Bertz CT molecular complexity index is 833. The summed E-state index contributed by atoms with van der Waals surface area (Å²) in [4.78, 5) is 48.3. The first-order chi connectivity index (χ1) is 12.8. The highest BCUT2D eigenvalue weighted by Gasteiger charge is 2.36. The fraction of sp³-hybridized carbons (Fsp3) is 0.312. The number of carbonyl (C=O) groups excluding carboxylic acids is 3. The minimum absolute atomic E-state index is 0.0503. The van der Waals surface area contributed by atoms with Crippen LogP contribution in [-0.2, 0) is 19.1 Å². The third-order valence-corrected chi connectivity index (χ3v) is 3.85. The molecule has 1 heterocycles. The van der Waals surface area contributed by atoms with Crippen LogP contribution in [0.15, 0.2) is 29.5 Å². The lowest BCUT2D eigenvalue weighted by Crippen LogP contribution is -2.31. The number of nitrogens with zero attached hydrogens (tertiary/aromatic N) is 2. The summed E-state index contributed by atoms with van der Waals surface area (Å²) >= 11 is 0. The van der Waals surface area contributed by atoms with Crippen LogP contribution in [0.1, 0.15) is 10.4 Å². The summed E-state index contributed by atoms with van der Waals surface area (Å²) < 4.78 is 9.27. The number of ether oxygens (including phenoxy) is 2. The van der Waals surface area contributed by atoms with Crippen molar-refractivity contribution in [3.63, 3.8) is 0 Å². The number of amides is 1. The predicted molar refractivity (Wildman–Crippen MR) is 90.8 cm³/mol. The molecule has 11 heteroatoms. The molecule has 144 valence electrons. The minimum Gasteiger partial charge on any atom is -0.466 e. The third-order valence-electron chi connectivity index (χ3n) is 3.85. The summed E-state index contributed by atoms with van der Waals surface area (Å²) in [5, 5.41) is 23.0. The second kappa shape index (κ2) is 8.27. The van der Waals surface area contributed by atoms with Crippen molar-refractivity contribution < 1.29 is 33.9 Å². The quantitative estimate of drug-likeness (QED) is 0.381. The highest BCUT2D eigenvalue weighted by atomic mass is 16.6. The average molecular weight is 379 g/mol. The van der Waals surface area contributed by atoms with Crippen LogP contribution < -0.4 is 5.32 Å². The normalized spacial score (nSPS) is 13.6. The maximum atomic E-state index is 12.6. The van der Waals surface area contributed by atoms with Gasteiger partial charge in [-0.1, -0.05) is 6.07 Å². The molecule has 0 unspecified atom stereocenters. The third kappa shape index (κ3) is 3.87. The smallest absolute Gasteiger partial charge is 0.340 e. The lowest BCUT2D eigenvalue weighted by molar-refractivity contribution is -0.384. The molecule has 1 aliphatic heterocycles. The summed E-state index contributed by atoms with van der Waals surface area (Å²) in [5.41, 5.74) is -1.30. The van der Waals surface area contributed by atoms with Gasteiger partial charge in [-0.2, -0.15) is 0 Å². The molecule has 1 aliphatic rings. The Labute approximate surface area is 153 Å². The molecule has 11 nitrogen and oxygen atoms in total. The van der Waals surface area contributed by atoms with Gasteiger partial charge in [0.15, 0.2) is 0 Å². The Morgan fingerprint density at radius 1 is 1.30 bits per heavy atom. The number of anilines is 1. The molecule has 0 fully saturated rings. The Kier molecular flexibility index (Phi) is 6.08. The molecule has 1 aromatic carbocycles. The lowest BCUT2D eigenvalue weighted by Gasteiger charge is -2.15. The molecule has 2 N–H and O–H groups in total. The second-order valence-corrected chi connectivity index (χ2v) is 5.37. The summed E-state index contributed by atoms with van der Waals surface area (Å²) in [6, 6.07) is 3.71. The van der Waals surface area contributed by atoms with Crippen molar-refractivity contribution in [3.8, 4) is 0 Å². The Morgan fingerprint density at radius 2 is 1.96 bits per heavy atom. The first kappa shape index (κ1) is 19.8. The van der Waals surface area contributed by atoms with Crippen LogP contribution in [0.4, 0.5) is 11.4 Å². The Balaban J connectivity index is 2.58. The molecule has 27 heavy (non-hydrogen) atoms. The molecule has 1 aromatic rings. The Morgan fingerprint density at radius 3 is 2.52 bits per heavy atom. The van der Waals surface area contributed by atoms with Gasteiger partial charge in [0.05, 0.1) is 43.4 Å². The number of hydrogen-bond donors (Lipinski definition) is 2. The molecule has 0 radical (unpaired) electrons. The second-order valence-electron chi connectivity index (χ2n) is 5.37. The maximum absolute atomic E-state index is 12.6. The topological polar surface area (TPSA) is 148 Å². The number of β-amino-alcohol motifs (C(OH)–C–C–N with tert-alkyl or cyclic N) is 1. The van der Waals surface area contributed by atoms with Gasteiger partial charge in [0.25, 0.3) is 11.6 Å². The van der Waals surface area contributed by atoms with Crippen LogP contribution in [0, 0.1) is 10.1 Å². The van der Waals surface area contributed by atoms with Crippen LogP contribution in [0.2, 0.25) is 0 Å². The fourth-order valence-electron chi connectivity index (χ4n) is 2.58. The van der Waals surface area contributed by atoms with E-state index in [1.807, 2.05) is 0 Å². The zero-order valence-corrected chi connectivity index (χ0v) is 14.6. The fourth-order valence-corrected chi connectivity index (χ4v) is 2.58. The van der Waals surface area contributed by atoms with E-state index < -0.39 is 28.5 Å². The lowest BCUT2D eigenvalue weighted by atomic mass is 10.1. The molecule has 0 saturated heterocycles. The van der Waals surface area contributed by atoms with E-state index in [2.05, 4.69) is 14.8 Å². The molecular formula is C16H17N3O8. The number of rotatable bonds is 7. The van der Waals surface area contributed by atoms with Gasteiger partial charge in [-0.15, -0.1) is 0 Å². The molecule has 0 spiro atoms. The van der Waals surface area contributed by atoms with Crippen molar-refractivity contribution in [3.05, 3.63) is 45.1 Å². The van der Waals surface area contributed by atoms with Gasteiger partial charge < -0.3 is 24.8 Å². The van der Waals surface area contributed by atoms with Crippen molar-refractivity contribution in [2.24, 2.45) is 0 Å². The highest BCUT2D eigenvalue weighted by molar-refractivity contribution is 6.10. The van der Waals surface area contributed by atoms with Crippen molar-refractivity contribution in [2.75, 3.05) is 39.2 Å². The van der Waals surface area contributed by atoms with Crippen molar-refractivity contribution in [2.45, 2.75) is 0 Å². The first-order valence-electron chi connectivity index (χ1n) is 7.70. The van der Waals surface area contributed by atoms with Crippen LogP contribution in [0.3, 0.4) is 0 Å². The number of carbonyl (C=O) groups is 3. The summed E-state index contributed by atoms with van der Waals surface area (Å²) in [6.07, 6.45) is 0. The number of nitro benzene ring substituents is 1.